The largest absolute Gasteiger partial charge is 0.345 e. The number of aromatic nitrogens is 1. The Morgan fingerprint density at radius 3 is 2.88 bits per heavy atom. The minimum absolute atomic E-state index is 0.0556. The maximum atomic E-state index is 12.8. The van der Waals surface area contributed by atoms with Crippen molar-refractivity contribution in [3.8, 4) is 11.1 Å². The molecule has 0 bridgehead atoms. The van der Waals surface area contributed by atoms with E-state index in [4.69, 9.17) is 5.41 Å². The van der Waals surface area contributed by atoms with E-state index in [1.54, 1.807) is 24.6 Å². The van der Waals surface area contributed by atoms with Crippen molar-refractivity contribution in [3.63, 3.8) is 0 Å². The van der Waals surface area contributed by atoms with E-state index in [1.165, 1.54) is 4.90 Å². The van der Waals surface area contributed by atoms with E-state index in [-0.39, 0.29) is 17.8 Å². The molecule has 4 rings (SSSR count). The number of carbonyl (C=O) groups is 1. The summed E-state index contributed by atoms with van der Waals surface area (Å²) in [6.07, 6.45) is 5.80. The van der Waals surface area contributed by atoms with Crippen LogP contribution < -0.4 is 5.32 Å². The molecule has 1 saturated carbocycles. The minimum Gasteiger partial charge on any atom is -0.345 e. The molecule has 124 valence electrons. The number of hydrogen-bond donors (Lipinski definition) is 2. The van der Waals surface area contributed by atoms with Crippen molar-refractivity contribution < 1.29 is 4.79 Å². The van der Waals surface area contributed by atoms with Crippen molar-refractivity contribution >= 4 is 23.2 Å². The average Bonchev–Trinajstić information content (AvgIpc) is 3.27. The van der Waals surface area contributed by atoms with Crippen LogP contribution in [-0.2, 0) is 10.3 Å². The number of nitrogens with one attached hydrogen (secondary N) is 2. The highest BCUT2D eigenvalue weighted by molar-refractivity contribution is 7.10. The van der Waals surface area contributed by atoms with Crippen LogP contribution in [0.1, 0.15) is 24.6 Å². The zero-order valence-corrected chi connectivity index (χ0v) is 14.6. The van der Waals surface area contributed by atoms with Crippen molar-refractivity contribution in [2.45, 2.75) is 25.3 Å². The molecule has 2 aromatic heterocycles. The highest BCUT2D eigenvalue weighted by Gasteiger charge is 2.54. The highest BCUT2D eigenvalue weighted by Crippen LogP contribution is 2.49. The predicted molar refractivity (Wildman–Crippen MR) is 94.7 cm³/mol. The van der Waals surface area contributed by atoms with E-state index in [0.717, 1.165) is 28.8 Å². The van der Waals surface area contributed by atoms with Gasteiger partial charge >= 0.3 is 0 Å². The van der Waals surface area contributed by atoms with E-state index in [0.29, 0.717) is 5.92 Å². The lowest BCUT2D eigenvalue weighted by atomic mass is 9.78. The van der Waals surface area contributed by atoms with Crippen molar-refractivity contribution in [1.82, 2.24) is 15.2 Å². The molecule has 2 aromatic rings. The first-order valence-electron chi connectivity index (χ1n) is 8.14. The molecule has 2 atom stereocenters. The van der Waals surface area contributed by atoms with Gasteiger partial charge in [-0.15, -0.1) is 11.3 Å². The van der Waals surface area contributed by atoms with Crippen LogP contribution in [0, 0.1) is 17.2 Å². The molecule has 3 heterocycles. The van der Waals surface area contributed by atoms with Crippen molar-refractivity contribution in [2.24, 2.45) is 11.8 Å². The van der Waals surface area contributed by atoms with Gasteiger partial charge in [0.25, 0.3) is 0 Å². The van der Waals surface area contributed by atoms with Gasteiger partial charge in [-0.25, -0.2) is 0 Å². The van der Waals surface area contributed by atoms with E-state index in [2.05, 4.69) is 28.7 Å². The Kier molecular flexibility index (Phi) is 3.46. The Morgan fingerprint density at radius 1 is 1.42 bits per heavy atom. The topological polar surface area (TPSA) is 69.1 Å². The van der Waals surface area contributed by atoms with Crippen molar-refractivity contribution in [3.05, 3.63) is 40.8 Å². The van der Waals surface area contributed by atoms with Crippen LogP contribution in [0.4, 0.5) is 0 Å². The highest BCUT2D eigenvalue weighted by atomic mass is 32.1. The third-order valence-electron chi connectivity index (χ3n) is 5.13. The van der Waals surface area contributed by atoms with Crippen LogP contribution in [0.15, 0.2) is 36.0 Å². The van der Waals surface area contributed by atoms with Gasteiger partial charge in [0, 0.05) is 29.9 Å². The van der Waals surface area contributed by atoms with Gasteiger partial charge in [0.1, 0.15) is 0 Å². The van der Waals surface area contributed by atoms with Crippen LogP contribution in [-0.4, -0.2) is 28.8 Å². The van der Waals surface area contributed by atoms with Gasteiger partial charge < -0.3 is 5.32 Å². The number of nitrogens with zero attached hydrogens (tertiary/aromatic N) is 2. The number of thiophene rings is 1. The molecule has 6 heteroatoms. The number of amides is 1. The number of pyridine rings is 1. The van der Waals surface area contributed by atoms with Gasteiger partial charge in [0.15, 0.2) is 5.96 Å². The smallest absolute Gasteiger partial charge is 0.235 e. The third-order valence-corrected chi connectivity index (χ3v) is 6.30. The average molecular weight is 340 g/mol. The Bertz CT molecular complexity index is 798. The standard InChI is InChI=1S/C18H20N4OS/c1-18(14-8-13(10-24-14)12-4-3-7-20-9-12)15(11-5-6-11)16(23)22(2)17(19)21-18/h3-4,7-11,15H,5-6H2,1-2H3,(H2,19,21)/t15-,18-/m1/s1. The fourth-order valence-electron chi connectivity index (χ4n) is 3.58. The molecule has 2 fully saturated rings. The Morgan fingerprint density at radius 2 is 2.21 bits per heavy atom. The van der Waals surface area contributed by atoms with Crippen molar-refractivity contribution in [1.29, 1.82) is 5.41 Å². The molecular formula is C18H20N4OS. The van der Waals surface area contributed by atoms with Gasteiger partial charge in [-0.2, -0.15) is 0 Å². The molecule has 1 saturated heterocycles. The lowest BCUT2D eigenvalue weighted by Gasteiger charge is -2.45. The molecular weight excluding hydrogens is 320 g/mol. The number of hydrogen-bond acceptors (Lipinski definition) is 4. The molecule has 5 nitrogen and oxygen atoms in total. The zero-order valence-electron chi connectivity index (χ0n) is 13.7. The quantitative estimate of drug-likeness (QED) is 0.902. The molecule has 0 spiro atoms. The van der Waals surface area contributed by atoms with E-state index < -0.39 is 5.54 Å². The summed E-state index contributed by atoms with van der Waals surface area (Å²) >= 11 is 1.65. The number of rotatable bonds is 3. The predicted octanol–water partition coefficient (Wildman–Crippen LogP) is 3.05. The summed E-state index contributed by atoms with van der Waals surface area (Å²) in [6, 6.07) is 6.10. The summed E-state index contributed by atoms with van der Waals surface area (Å²) in [5.41, 5.74) is 1.66. The number of carbonyl (C=O) groups excluding carboxylic acids is 1. The summed E-state index contributed by atoms with van der Waals surface area (Å²) in [5.74, 6) is 0.530. The molecule has 1 aliphatic heterocycles. The molecule has 0 unspecified atom stereocenters. The Hall–Kier alpha value is -2.21. The molecule has 1 amide bonds. The van der Waals surface area contributed by atoms with E-state index >= 15 is 0 Å². The number of guanidine groups is 1. The maximum Gasteiger partial charge on any atom is 0.235 e. The Balaban J connectivity index is 1.74. The maximum absolute atomic E-state index is 12.8. The summed E-state index contributed by atoms with van der Waals surface area (Å²) in [5, 5.41) is 13.6. The molecule has 2 aliphatic rings. The lowest BCUT2D eigenvalue weighted by molar-refractivity contribution is -0.136. The second-order valence-electron chi connectivity index (χ2n) is 6.83. The first-order valence-corrected chi connectivity index (χ1v) is 9.02. The van der Waals surface area contributed by atoms with Gasteiger partial charge in [-0.1, -0.05) is 6.07 Å². The SMILES string of the molecule is CN1C(=N)N[C@](C)(c2cc(-c3cccnc3)cs2)[C@H](C2CC2)C1=O. The zero-order chi connectivity index (χ0) is 16.9. The van der Waals surface area contributed by atoms with Crippen LogP contribution in [0.5, 0.6) is 0 Å². The second kappa shape index (κ2) is 5.41. The van der Waals surface area contributed by atoms with Gasteiger partial charge in [-0.05, 0) is 48.8 Å². The fourth-order valence-corrected chi connectivity index (χ4v) is 4.66. The summed E-state index contributed by atoms with van der Waals surface area (Å²) in [4.78, 5) is 19.6. The van der Waals surface area contributed by atoms with Crippen LogP contribution in [0.3, 0.4) is 0 Å². The minimum atomic E-state index is -0.521. The first-order chi connectivity index (χ1) is 11.5. The first kappa shape index (κ1) is 15.3. The second-order valence-corrected chi connectivity index (χ2v) is 7.74. The summed E-state index contributed by atoms with van der Waals surface area (Å²) in [6.45, 7) is 2.06. The van der Waals surface area contributed by atoms with Gasteiger partial charge in [-0.3, -0.25) is 20.1 Å². The molecule has 2 N–H and O–H groups in total. The van der Waals surface area contributed by atoms with Crippen LogP contribution >= 0.6 is 11.3 Å². The lowest BCUT2D eigenvalue weighted by Crippen LogP contribution is -2.64. The van der Waals surface area contributed by atoms with Crippen LogP contribution in [0.25, 0.3) is 11.1 Å². The fraction of sp³-hybridized carbons (Fsp3) is 0.389. The normalized spacial score (nSPS) is 27.2. The van der Waals surface area contributed by atoms with E-state index in [9.17, 15) is 4.79 Å². The molecule has 1 aliphatic carbocycles. The summed E-state index contributed by atoms with van der Waals surface area (Å²) < 4.78 is 0. The van der Waals surface area contributed by atoms with Crippen LogP contribution in [0.2, 0.25) is 0 Å². The summed E-state index contributed by atoms with van der Waals surface area (Å²) in [7, 11) is 1.68. The van der Waals surface area contributed by atoms with Crippen molar-refractivity contribution in [2.75, 3.05) is 7.05 Å². The van der Waals surface area contributed by atoms with Gasteiger partial charge in [0.2, 0.25) is 5.91 Å². The Labute approximate surface area is 145 Å². The van der Waals surface area contributed by atoms with Gasteiger partial charge in [0.05, 0.1) is 11.5 Å². The molecule has 0 aromatic carbocycles. The molecule has 24 heavy (non-hydrogen) atoms. The monoisotopic (exact) mass is 340 g/mol. The van der Waals surface area contributed by atoms with E-state index in [1.807, 2.05) is 18.3 Å². The molecule has 0 radical (unpaired) electrons. The third kappa shape index (κ3) is 2.33.